The predicted octanol–water partition coefficient (Wildman–Crippen LogP) is 18.6. The lowest BCUT2D eigenvalue weighted by Gasteiger charge is -2.30. The van der Waals surface area contributed by atoms with Crippen molar-refractivity contribution in [1.82, 2.24) is 9.13 Å². The molecule has 7 aromatic carbocycles. The maximum absolute atomic E-state index is 2.57. The summed E-state index contributed by atoms with van der Waals surface area (Å²) in [5, 5.41) is 5.28. The number of aromatic nitrogens is 2. The second kappa shape index (κ2) is 16.1. The van der Waals surface area contributed by atoms with Crippen LogP contribution in [-0.2, 0) is 38.9 Å². The molecular weight excluding hydrogens is 821 g/mol. The number of rotatable bonds is 6. The minimum Gasteiger partial charge on any atom is -0.309 e. The van der Waals surface area contributed by atoms with Crippen LogP contribution in [0.4, 0.5) is 0 Å². The smallest absolute Gasteiger partial charge is 0.0578 e. The average Bonchev–Trinajstić information content (AvgIpc) is 3.78. The first kappa shape index (κ1) is 47.2. The molecule has 0 radical (unpaired) electrons. The molecule has 2 heterocycles. The van der Waals surface area contributed by atoms with Crippen molar-refractivity contribution in [2.45, 2.75) is 157 Å². The Hall–Kier alpha value is -5.86. The fourth-order valence-corrected chi connectivity index (χ4v) is 10.9. The highest BCUT2D eigenvalue weighted by Gasteiger charge is 2.31. The van der Waals surface area contributed by atoms with Gasteiger partial charge in [-0.1, -0.05) is 221 Å². The molecule has 2 nitrogen and oxygen atoms in total. The van der Waals surface area contributed by atoms with Gasteiger partial charge in [0.1, 0.15) is 0 Å². The maximum atomic E-state index is 2.57. The van der Waals surface area contributed by atoms with Gasteiger partial charge in [-0.3, -0.25) is 0 Å². The third kappa shape index (κ3) is 8.31. The lowest BCUT2D eigenvalue weighted by Crippen LogP contribution is -2.23. The Bertz CT molecular complexity index is 3380. The summed E-state index contributed by atoms with van der Waals surface area (Å²) >= 11 is 0. The second-order valence-corrected chi connectivity index (χ2v) is 25.8. The van der Waals surface area contributed by atoms with E-state index in [0.29, 0.717) is 0 Å². The van der Waals surface area contributed by atoms with Gasteiger partial charge in [0.2, 0.25) is 0 Å². The minimum absolute atomic E-state index is 0.0134. The van der Waals surface area contributed by atoms with Crippen molar-refractivity contribution in [3.8, 4) is 22.5 Å². The Morgan fingerprint density at radius 3 is 1.47 bits per heavy atom. The summed E-state index contributed by atoms with van der Waals surface area (Å²) in [5.74, 6) is 0. The molecule has 0 spiro atoms. The Balaban J connectivity index is 1.23. The third-order valence-corrected chi connectivity index (χ3v) is 14.8. The Morgan fingerprint density at radius 2 is 0.868 bits per heavy atom. The topological polar surface area (TPSA) is 9.86 Å². The number of nitrogens with zero attached hydrogens (tertiary/aromatic N) is 2. The van der Waals surface area contributed by atoms with Crippen molar-refractivity contribution in [3.63, 3.8) is 0 Å². The molecule has 0 aliphatic rings. The van der Waals surface area contributed by atoms with E-state index < -0.39 is 0 Å². The average molecular weight is 897 g/mol. The maximum Gasteiger partial charge on any atom is 0.0578 e. The van der Waals surface area contributed by atoms with Crippen molar-refractivity contribution < 1.29 is 0 Å². The molecule has 0 aliphatic heterocycles. The van der Waals surface area contributed by atoms with E-state index in [4.69, 9.17) is 0 Å². The molecule has 2 aromatic heterocycles. The van der Waals surface area contributed by atoms with Gasteiger partial charge in [0, 0.05) is 32.9 Å². The van der Waals surface area contributed by atoms with Gasteiger partial charge in [-0.05, 0) is 125 Å². The number of fused-ring (bicyclic) bond motifs is 6. The third-order valence-electron chi connectivity index (χ3n) is 14.8. The minimum atomic E-state index is -0.208. The first-order valence-electron chi connectivity index (χ1n) is 25.1. The highest BCUT2D eigenvalue weighted by atomic mass is 15.0. The van der Waals surface area contributed by atoms with Crippen LogP contribution in [0.3, 0.4) is 0 Å². The van der Waals surface area contributed by atoms with Crippen LogP contribution in [0.2, 0.25) is 0 Å². The molecule has 2 heteroatoms. The van der Waals surface area contributed by atoms with Crippen LogP contribution in [0.5, 0.6) is 0 Å². The van der Waals surface area contributed by atoms with Crippen LogP contribution in [0.25, 0.3) is 66.1 Å². The molecule has 0 unspecified atom stereocenters. The van der Waals surface area contributed by atoms with Gasteiger partial charge < -0.3 is 9.13 Å². The van der Waals surface area contributed by atoms with Gasteiger partial charge in [0.05, 0.1) is 22.1 Å². The van der Waals surface area contributed by atoms with Crippen molar-refractivity contribution in [1.29, 1.82) is 0 Å². The Morgan fingerprint density at radius 1 is 0.353 bits per heavy atom. The van der Waals surface area contributed by atoms with Crippen LogP contribution in [0.1, 0.15) is 157 Å². The zero-order valence-corrected chi connectivity index (χ0v) is 44.4. The van der Waals surface area contributed by atoms with E-state index in [9.17, 15) is 0 Å². The van der Waals surface area contributed by atoms with Crippen LogP contribution >= 0.6 is 0 Å². The van der Waals surface area contributed by atoms with Crippen molar-refractivity contribution in [3.05, 3.63) is 178 Å². The van der Waals surface area contributed by atoms with Crippen molar-refractivity contribution in [2.75, 3.05) is 0 Å². The first-order chi connectivity index (χ1) is 31.6. The van der Waals surface area contributed by atoms with Crippen molar-refractivity contribution >= 4 is 43.6 Å². The second-order valence-electron chi connectivity index (χ2n) is 25.8. The van der Waals surface area contributed by atoms with Gasteiger partial charge in [-0.2, -0.15) is 0 Å². The number of hydrogen-bond donors (Lipinski definition) is 0. The highest BCUT2D eigenvalue weighted by molar-refractivity contribution is 6.13. The van der Waals surface area contributed by atoms with E-state index in [0.717, 1.165) is 6.42 Å². The van der Waals surface area contributed by atoms with Crippen molar-refractivity contribution in [2.24, 2.45) is 0 Å². The van der Waals surface area contributed by atoms with Gasteiger partial charge in [0.25, 0.3) is 0 Å². The summed E-state index contributed by atoms with van der Waals surface area (Å²) in [7, 11) is 0. The fourth-order valence-electron chi connectivity index (χ4n) is 10.9. The zero-order valence-electron chi connectivity index (χ0n) is 44.4. The SMILES string of the molecule is CC(C)(C)c1cc(-n2c3ccccc3c3cccc(C(C)(C)C)c32)cc(C(C)(C)Cc2cccc3c2c2cccc(C(C)(C)C)c2n3-c2ccc(-c3cc(C(C)(C)C)ccc3C(C)(C)C)cc2)c1. The van der Waals surface area contributed by atoms with E-state index in [1.807, 2.05) is 0 Å². The van der Waals surface area contributed by atoms with Gasteiger partial charge in [0.15, 0.2) is 0 Å². The largest absolute Gasteiger partial charge is 0.309 e. The summed E-state index contributed by atoms with van der Waals surface area (Å²) in [6.45, 7) is 40.0. The quantitative estimate of drug-likeness (QED) is 0.157. The van der Waals surface area contributed by atoms with Gasteiger partial charge in [-0.15, -0.1) is 0 Å². The fraction of sp³-hybridized carbons (Fsp3) is 0.364. The number of hydrogen-bond acceptors (Lipinski definition) is 0. The van der Waals surface area contributed by atoms with Gasteiger partial charge in [-0.25, -0.2) is 0 Å². The molecule has 0 fully saturated rings. The molecule has 0 bridgehead atoms. The molecule has 0 saturated carbocycles. The van der Waals surface area contributed by atoms with Crippen LogP contribution < -0.4 is 0 Å². The number of para-hydroxylation sites is 3. The normalized spacial score (nSPS) is 13.4. The Kier molecular flexibility index (Phi) is 11.2. The molecule has 9 aromatic rings. The van der Waals surface area contributed by atoms with E-state index in [-0.39, 0.29) is 32.5 Å². The Labute approximate surface area is 408 Å². The first-order valence-corrected chi connectivity index (χ1v) is 25.1. The van der Waals surface area contributed by atoms with Crippen LogP contribution in [0.15, 0.2) is 140 Å². The molecule has 350 valence electrons. The molecule has 0 saturated heterocycles. The van der Waals surface area contributed by atoms with Crippen LogP contribution in [0, 0.1) is 0 Å². The molecule has 68 heavy (non-hydrogen) atoms. The zero-order chi connectivity index (χ0) is 49.1. The summed E-state index contributed by atoms with van der Waals surface area (Å²) < 4.78 is 5.13. The summed E-state index contributed by atoms with van der Waals surface area (Å²) in [5.41, 5.74) is 19.4. The lowest BCUT2D eigenvalue weighted by molar-refractivity contribution is 0.518. The van der Waals surface area contributed by atoms with Gasteiger partial charge >= 0.3 is 0 Å². The molecule has 0 aliphatic carbocycles. The number of benzene rings is 7. The summed E-state index contributed by atoms with van der Waals surface area (Å²) in [4.78, 5) is 0. The molecule has 0 atom stereocenters. The predicted molar refractivity (Wildman–Crippen MR) is 297 cm³/mol. The van der Waals surface area contributed by atoms with E-state index in [1.54, 1.807) is 0 Å². The van der Waals surface area contributed by atoms with E-state index in [2.05, 4.69) is 266 Å². The molecule has 9 rings (SSSR count). The summed E-state index contributed by atoms with van der Waals surface area (Å²) in [6.07, 6.45) is 0.884. The van der Waals surface area contributed by atoms with E-state index in [1.165, 1.54) is 105 Å². The standard InChI is InChI=1S/C66H76N2/c1-61(2,3)44-33-36-53(63(7,8)9)52(40-44)42-31-34-47(35-32-42)67-57-30-20-23-43(58(57)51-26-22-28-55(60(51)67)65(13,14)15)41-66(16,17)46-37-45(62(4,5)6)38-48(39-46)68-56-29-19-18-24-49(56)50-25-21-27-54(59(50)68)64(10,11)12/h18-40H,41H2,1-17H3. The monoisotopic (exact) mass is 897 g/mol. The van der Waals surface area contributed by atoms with E-state index >= 15 is 0 Å². The van der Waals surface area contributed by atoms with Crippen LogP contribution in [-0.4, -0.2) is 9.13 Å². The molecule has 0 N–H and O–H groups in total. The molecular formula is C66H76N2. The highest BCUT2D eigenvalue weighted by Crippen LogP contribution is 2.45. The lowest BCUT2D eigenvalue weighted by atomic mass is 9.75. The molecule has 0 amide bonds. The summed E-state index contributed by atoms with van der Waals surface area (Å²) in [6, 6.07) is 54.0.